The van der Waals surface area contributed by atoms with Gasteiger partial charge < -0.3 is 5.32 Å². The molecule has 0 radical (unpaired) electrons. The Morgan fingerprint density at radius 2 is 1.88 bits per heavy atom. The van der Waals surface area contributed by atoms with Crippen molar-refractivity contribution in [3.05, 3.63) is 35.4 Å². The number of nitrogens with one attached hydrogen (secondary N) is 1. The number of benzene rings is 1. The summed E-state index contributed by atoms with van der Waals surface area (Å²) in [6, 6.07) is -0.141. The van der Waals surface area contributed by atoms with Gasteiger partial charge in [-0.1, -0.05) is 6.92 Å². The van der Waals surface area contributed by atoms with Crippen LogP contribution in [-0.4, -0.2) is 12.7 Å². The van der Waals surface area contributed by atoms with Crippen molar-refractivity contribution in [3.8, 4) is 0 Å². The van der Waals surface area contributed by atoms with Gasteiger partial charge in [-0.25, -0.2) is 8.78 Å². The molecule has 1 aromatic carbocycles. The fourth-order valence-corrected chi connectivity index (χ4v) is 1.43. The van der Waals surface area contributed by atoms with Gasteiger partial charge in [0, 0.05) is 5.56 Å². The number of rotatable bonds is 4. The largest absolute Gasteiger partial charge is 0.408 e. The van der Waals surface area contributed by atoms with E-state index in [1.807, 2.05) is 0 Å². The Hall–Kier alpha value is -1.17. The second-order valence-corrected chi connectivity index (χ2v) is 3.59. The van der Waals surface area contributed by atoms with Crippen LogP contribution >= 0.6 is 0 Å². The first-order valence-electron chi connectivity index (χ1n) is 5.11. The predicted molar refractivity (Wildman–Crippen MR) is 53.4 cm³/mol. The van der Waals surface area contributed by atoms with Crippen LogP contribution in [-0.2, 0) is 0 Å². The zero-order valence-corrected chi connectivity index (χ0v) is 9.11. The third-order valence-corrected chi connectivity index (χ3v) is 2.19. The molecule has 1 aromatic rings. The maximum absolute atomic E-state index is 13.3. The molecule has 17 heavy (non-hydrogen) atoms. The van der Waals surface area contributed by atoms with Crippen molar-refractivity contribution < 1.29 is 22.0 Å². The number of alkyl halides is 3. The Balaban J connectivity index is 3.08. The molecule has 1 unspecified atom stereocenters. The van der Waals surface area contributed by atoms with E-state index in [-0.39, 0.29) is 6.54 Å². The van der Waals surface area contributed by atoms with Crippen molar-refractivity contribution in [2.24, 2.45) is 0 Å². The summed E-state index contributed by atoms with van der Waals surface area (Å²) in [5.41, 5.74) is -0.717. The highest BCUT2D eigenvalue weighted by Crippen LogP contribution is 2.34. The van der Waals surface area contributed by atoms with Gasteiger partial charge in [0.25, 0.3) is 0 Å². The van der Waals surface area contributed by atoms with Gasteiger partial charge in [-0.2, -0.15) is 13.2 Å². The van der Waals surface area contributed by atoms with Crippen molar-refractivity contribution in [3.63, 3.8) is 0 Å². The van der Waals surface area contributed by atoms with Gasteiger partial charge in [0.05, 0.1) is 0 Å². The zero-order chi connectivity index (χ0) is 13.1. The number of halogens is 5. The maximum atomic E-state index is 13.3. The summed E-state index contributed by atoms with van der Waals surface area (Å²) in [5, 5.41) is 2.16. The summed E-state index contributed by atoms with van der Waals surface area (Å²) in [4.78, 5) is 0. The Labute approximate surface area is 95.6 Å². The molecule has 1 N–H and O–H groups in total. The van der Waals surface area contributed by atoms with E-state index in [1.54, 1.807) is 6.92 Å². The van der Waals surface area contributed by atoms with E-state index in [4.69, 9.17) is 0 Å². The Kier molecular flexibility index (Phi) is 4.45. The Bertz CT molecular complexity index is 375. The average molecular weight is 253 g/mol. The first kappa shape index (κ1) is 13.9. The molecule has 0 aromatic heterocycles. The molecule has 96 valence electrons. The molecule has 0 heterocycles. The first-order valence-corrected chi connectivity index (χ1v) is 5.11. The van der Waals surface area contributed by atoms with Crippen LogP contribution in [0.15, 0.2) is 18.2 Å². The molecule has 0 spiro atoms. The van der Waals surface area contributed by atoms with Crippen LogP contribution in [0, 0.1) is 11.6 Å². The number of hydrogen-bond acceptors (Lipinski definition) is 1. The van der Waals surface area contributed by atoms with Crippen LogP contribution in [0.2, 0.25) is 0 Å². The topological polar surface area (TPSA) is 12.0 Å². The molecule has 0 aliphatic heterocycles. The van der Waals surface area contributed by atoms with E-state index < -0.39 is 29.4 Å². The predicted octanol–water partition coefficient (Wildman–Crippen LogP) is 3.57. The number of hydrogen-bond donors (Lipinski definition) is 1. The van der Waals surface area contributed by atoms with Gasteiger partial charge in [0.15, 0.2) is 0 Å². The normalized spacial score (nSPS) is 13.8. The summed E-state index contributed by atoms with van der Waals surface area (Å²) in [6.07, 6.45) is -4.20. The third-order valence-electron chi connectivity index (χ3n) is 2.19. The fourth-order valence-electron chi connectivity index (χ4n) is 1.43. The van der Waals surface area contributed by atoms with Crippen molar-refractivity contribution >= 4 is 0 Å². The lowest BCUT2D eigenvalue weighted by molar-refractivity contribution is -0.158. The van der Waals surface area contributed by atoms with Gasteiger partial charge in [-0.05, 0) is 31.2 Å². The molecule has 0 saturated carbocycles. The lowest BCUT2D eigenvalue weighted by Crippen LogP contribution is -2.35. The summed E-state index contributed by atoms with van der Waals surface area (Å²) >= 11 is 0. The standard InChI is InChI=1S/C11H12F5N/c1-2-5-17-10(11(14,15)16)8-6-7(12)3-4-9(8)13/h3-4,6,10,17H,2,5H2,1H3. The van der Waals surface area contributed by atoms with E-state index in [2.05, 4.69) is 5.32 Å². The molecular formula is C11H12F5N. The monoisotopic (exact) mass is 253 g/mol. The van der Waals surface area contributed by atoms with Crippen LogP contribution in [0.3, 0.4) is 0 Å². The van der Waals surface area contributed by atoms with Gasteiger partial charge >= 0.3 is 6.18 Å². The molecule has 0 aliphatic carbocycles. The van der Waals surface area contributed by atoms with Gasteiger partial charge in [0.1, 0.15) is 17.7 Å². The molecule has 0 fully saturated rings. The molecule has 1 nitrogen and oxygen atoms in total. The highest BCUT2D eigenvalue weighted by atomic mass is 19.4. The van der Waals surface area contributed by atoms with Crippen LogP contribution in [0.25, 0.3) is 0 Å². The van der Waals surface area contributed by atoms with E-state index in [0.717, 1.165) is 6.07 Å². The highest BCUT2D eigenvalue weighted by Gasteiger charge is 2.41. The SMILES string of the molecule is CCCNC(c1cc(F)ccc1F)C(F)(F)F. The van der Waals surface area contributed by atoms with Gasteiger partial charge in [-0.15, -0.1) is 0 Å². The van der Waals surface area contributed by atoms with E-state index in [1.165, 1.54) is 0 Å². The highest BCUT2D eigenvalue weighted by molar-refractivity contribution is 5.23. The van der Waals surface area contributed by atoms with E-state index >= 15 is 0 Å². The van der Waals surface area contributed by atoms with Crippen molar-refractivity contribution in [1.29, 1.82) is 0 Å². The second-order valence-electron chi connectivity index (χ2n) is 3.59. The molecule has 6 heteroatoms. The fraction of sp³-hybridized carbons (Fsp3) is 0.455. The molecule has 0 amide bonds. The van der Waals surface area contributed by atoms with Crippen LogP contribution in [0.5, 0.6) is 0 Å². The van der Waals surface area contributed by atoms with Crippen LogP contribution in [0.4, 0.5) is 22.0 Å². The molecular weight excluding hydrogens is 241 g/mol. The van der Waals surface area contributed by atoms with Crippen molar-refractivity contribution in [1.82, 2.24) is 5.32 Å². The third kappa shape index (κ3) is 3.66. The van der Waals surface area contributed by atoms with Crippen molar-refractivity contribution in [2.75, 3.05) is 6.54 Å². The van der Waals surface area contributed by atoms with Gasteiger partial charge in [-0.3, -0.25) is 0 Å². The minimum atomic E-state index is -4.66. The van der Waals surface area contributed by atoms with Crippen molar-refractivity contribution in [2.45, 2.75) is 25.6 Å². The summed E-state index contributed by atoms with van der Waals surface area (Å²) in [5.74, 6) is -1.97. The molecule has 0 bridgehead atoms. The first-order chi connectivity index (χ1) is 7.86. The van der Waals surface area contributed by atoms with Crippen LogP contribution in [0.1, 0.15) is 24.9 Å². The quantitative estimate of drug-likeness (QED) is 0.809. The smallest absolute Gasteiger partial charge is 0.302 e. The zero-order valence-electron chi connectivity index (χ0n) is 9.11. The molecule has 0 saturated heterocycles. The minimum absolute atomic E-state index is 0.0696. The molecule has 0 aliphatic rings. The Morgan fingerprint density at radius 3 is 2.41 bits per heavy atom. The second kappa shape index (κ2) is 5.44. The lowest BCUT2D eigenvalue weighted by atomic mass is 10.1. The van der Waals surface area contributed by atoms with Crippen LogP contribution < -0.4 is 5.32 Å². The lowest BCUT2D eigenvalue weighted by Gasteiger charge is -2.22. The molecule has 1 rings (SSSR count). The average Bonchev–Trinajstić information content (AvgIpc) is 2.21. The molecule has 1 atom stereocenters. The minimum Gasteiger partial charge on any atom is -0.302 e. The maximum Gasteiger partial charge on any atom is 0.408 e. The van der Waals surface area contributed by atoms with Gasteiger partial charge in [0.2, 0.25) is 0 Å². The summed E-state index contributed by atoms with van der Waals surface area (Å²) in [7, 11) is 0. The summed E-state index contributed by atoms with van der Waals surface area (Å²) < 4.78 is 64.2. The van der Waals surface area contributed by atoms with E-state index in [9.17, 15) is 22.0 Å². The Morgan fingerprint density at radius 1 is 1.24 bits per heavy atom. The summed E-state index contributed by atoms with van der Waals surface area (Å²) in [6.45, 7) is 1.75. The van der Waals surface area contributed by atoms with E-state index in [0.29, 0.717) is 18.6 Å².